The Morgan fingerprint density at radius 2 is 2.15 bits per heavy atom. The number of carboxylic acid groups (broad SMARTS) is 1. The molecule has 1 aromatic heterocycles. The average molecular weight is 271 g/mol. The highest BCUT2D eigenvalue weighted by Gasteiger charge is 2.12. The summed E-state index contributed by atoms with van der Waals surface area (Å²) in [5, 5.41) is 9.87. The summed E-state index contributed by atoms with van der Waals surface area (Å²) in [5.74, 6) is -0.154. The highest BCUT2D eigenvalue weighted by molar-refractivity contribution is 5.96. The van der Waals surface area contributed by atoms with Crippen molar-refractivity contribution >= 4 is 22.7 Å². The van der Waals surface area contributed by atoms with E-state index in [0.717, 1.165) is 23.3 Å². The summed E-state index contributed by atoms with van der Waals surface area (Å²) >= 11 is 0. The van der Waals surface area contributed by atoms with Gasteiger partial charge in [0, 0.05) is 18.5 Å². The van der Waals surface area contributed by atoms with Crippen LogP contribution in [0.2, 0.25) is 0 Å². The van der Waals surface area contributed by atoms with Gasteiger partial charge in [0.1, 0.15) is 12.1 Å². The molecular formula is C15H17N3O2. The molecule has 0 saturated heterocycles. The quantitative estimate of drug-likeness (QED) is 0.847. The van der Waals surface area contributed by atoms with Crippen molar-refractivity contribution in [1.82, 2.24) is 9.97 Å². The number of hydrogen-bond acceptors (Lipinski definition) is 4. The van der Waals surface area contributed by atoms with Crippen molar-refractivity contribution in [2.45, 2.75) is 13.8 Å². The molecule has 2 rings (SSSR count). The number of nitrogens with zero attached hydrogens (tertiary/aromatic N) is 3. The lowest BCUT2D eigenvalue weighted by atomic mass is 10.1. The molecule has 0 aliphatic carbocycles. The van der Waals surface area contributed by atoms with Crippen LogP contribution in [0, 0.1) is 0 Å². The van der Waals surface area contributed by atoms with Crippen LogP contribution >= 0.6 is 0 Å². The number of likely N-dealkylation sites (N-methyl/N-ethyl adjacent to an activating group) is 1. The molecule has 5 heteroatoms. The summed E-state index contributed by atoms with van der Waals surface area (Å²) in [4.78, 5) is 21.6. The lowest BCUT2D eigenvalue weighted by Gasteiger charge is -2.23. The maximum Gasteiger partial charge on any atom is 0.335 e. The van der Waals surface area contributed by atoms with E-state index < -0.39 is 5.97 Å². The zero-order chi connectivity index (χ0) is 14.7. The van der Waals surface area contributed by atoms with E-state index in [-0.39, 0.29) is 5.56 Å². The van der Waals surface area contributed by atoms with E-state index in [0.29, 0.717) is 12.1 Å². The van der Waals surface area contributed by atoms with Crippen molar-refractivity contribution in [3.63, 3.8) is 0 Å². The van der Waals surface area contributed by atoms with Crippen LogP contribution in [0.15, 0.2) is 36.7 Å². The smallest absolute Gasteiger partial charge is 0.335 e. The highest BCUT2D eigenvalue weighted by Crippen LogP contribution is 2.24. The molecule has 0 unspecified atom stereocenters. The molecule has 0 radical (unpaired) electrons. The topological polar surface area (TPSA) is 66.3 Å². The molecule has 2 aromatic rings. The van der Waals surface area contributed by atoms with E-state index in [9.17, 15) is 4.79 Å². The Bertz CT molecular complexity index is 667. The van der Waals surface area contributed by atoms with Gasteiger partial charge >= 0.3 is 5.97 Å². The van der Waals surface area contributed by atoms with E-state index >= 15 is 0 Å². The molecule has 1 aromatic carbocycles. The van der Waals surface area contributed by atoms with Crippen molar-refractivity contribution in [2.24, 2.45) is 0 Å². The first-order valence-electron chi connectivity index (χ1n) is 6.40. The number of benzene rings is 1. The standard InChI is InChI=1S/C15H17N3O2/c1-4-18(8-10(2)3)14-12-6-5-11(15(19)20)7-13(12)16-9-17-14/h5-7,9H,2,4,8H2,1,3H3,(H,19,20). The van der Waals surface area contributed by atoms with Crippen LogP contribution in [0.25, 0.3) is 10.9 Å². The van der Waals surface area contributed by atoms with Crippen molar-refractivity contribution < 1.29 is 9.90 Å². The monoisotopic (exact) mass is 271 g/mol. The van der Waals surface area contributed by atoms with Gasteiger partial charge in [-0.05, 0) is 32.0 Å². The predicted octanol–water partition coefficient (Wildman–Crippen LogP) is 2.73. The molecule has 104 valence electrons. The van der Waals surface area contributed by atoms with Crippen LogP contribution in [0.4, 0.5) is 5.82 Å². The van der Waals surface area contributed by atoms with Crippen LogP contribution in [0.5, 0.6) is 0 Å². The first-order valence-corrected chi connectivity index (χ1v) is 6.40. The van der Waals surface area contributed by atoms with Gasteiger partial charge in [0.15, 0.2) is 0 Å². The summed E-state index contributed by atoms with van der Waals surface area (Å²) in [7, 11) is 0. The molecule has 0 aliphatic heterocycles. The summed E-state index contributed by atoms with van der Waals surface area (Å²) in [6.45, 7) is 9.44. The molecular weight excluding hydrogens is 254 g/mol. The molecule has 20 heavy (non-hydrogen) atoms. The zero-order valence-electron chi connectivity index (χ0n) is 11.6. The van der Waals surface area contributed by atoms with Crippen molar-refractivity contribution in [3.05, 3.63) is 42.2 Å². The molecule has 1 N–H and O–H groups in total. The third-order valence-corrected chi connectivity index (χ3v) is 3.00. The Labute approximate surface area is 117 Å². The maximum atomic E-state index is 11.0. The van der Waals surface area contributed by atoms with Gasteiger partial charge in [-0.1, -0.05) is 12.2 Å². The lowest BCUT2D eigenvalue weighted by molar-refractivity contribution is 0.0697. The first kappa shape index (κ1) is 14.0. The maximum absolute atomic E-state index is 11.0. The van der Waals surface area contributed by atoms with Gasteiger partial charge < -0.3 is 10.0 Å². The molecule has 0 spiro atoms. The number of fused-ring (bicyclic) bond motifs is 1. The Hall–Kier alpha value is -2.43. The van der Waals surface area contributed by atoms with Gasteiger partial charge in [0.25, 0.3) is 0 Å². The molecule has 0 fully saturated rings. The highest BCUT2D eigenvalue weighted by atomic mass is 16.4. The molecule has 0 bridgehead atoms. The van der Waals surface area contributed by atoms with Gasteiger partial charge in [-0.25, -0.2) is 14.8 Å². The van der Waals surface area contributed by atoms with Gasteiger partial charge in [-0.15, -0.1) is 0 Å². The van der Waals surface area contributed by atoms with Gasteiger partial charge in [-0.3, -0.25) is 0 Å². The fourth-order valence-electron chi connectivity index (χ4n) is 2.09. The number of aromatic nitrogens is 2. The summed E-state index contributed by atoms with van der Waals surface area (Å²) < 4.78 is 0. The molecule has 0 amide bonds. The van der Waals surface area contributed by atoms with Crippen molar-refractivity contribution in [3.8, 4) is 0 Å². The second-order valence-electron chi connectivity index (χ2n) is 4.71. The molecule has 1 heterocycles. The Balaban J connectivity index is 2.53. The van der Waals surface area contributed by atoms with Gasteiger partial charge in [0.05, 0.1) is 11.1 Å². The van der Waals surface area contributed by atoms with Gasteiger partial charge in [-0.2, -0.15) is 0 Å². The van der Waals surface area contributed by atoms with Crippen LogP contribution in [-0.4, -0.2) is 34.1 Å². The number of anilines is 1. The zero-order valence-corrected chi connectivity index (χ0v) is 11.6. The predicted molar refractivity (Wildman–Crippen MR) is 79.2 cm³/mol. The second kappa shape index (κ2) is 5.69. The molecule has 0 saturated carbocycles. The summed E-state index contributed by atoms with van der Waals surface area (Å²) in [6.07, 6.45) is 1.46. The lowest BCUT2D eigenvalue weighted by Crippen LogP contribution is -2.25. The number of rotatable bonds is 5. The Morgan fingerprint density at radius 1 is 1.40 bits per heavy atom. The van der Waals surface area contributed by atoms with E-state index in [1.165, 1.54) is 6.33 Å². The normalized spacial score (nSPS) is 10.5. The fourth-order valence-corrected chi connectivity index (χ4v) is 2.09. The minimum absolute atomic E-state index is 0.227. The SMILES string of the molecule is C=C(C)CN(CC)c1ncnc2cc(C(=O)O)ccc12. The van der Waals surface area contributed by atoms with Crippen LogP contribution in [0.3, 0.4) is 0 Å². The number of aromatic carboxylic acids is 1. The average Bonchev–Trinajstić information content (AvgIpc) is 2.43. The molecule has 5 nitrogen and oxygen atoms in total. The molecule has 0 atom stereocenters. The second-order valence-corrected chi connectivity index (χ2v) is 4.71. The summed E-state index contributed by atoms with van der Waals surface area (Å²) in [6, 6.07) is 4.90. The molecule has 0 aliphatic rings. The van der Waals surface area contributed by atoms with E-state index in [4.69, 9.17) is 5.11 Å². The van der Waals surface area contributed by atoms with Gasteiger partial charge in [0.2, 0.25) is 0 Å². The Morgan fingerprint density at radius 3 is 2.75 bits per heavy atom. The van der Waals surface area contributed by atoms with Crippen molar-refractivity contribution in [2.75, 3.05) is 18.0 Å². The largest absolute Gasteiger partial charge is 0.478 e. The van der Waals surface area contributed by atoms with E-state index in [1.54, 1.807) is 18.2 Å². The van der Waals surface area contributed by atoms with E-state index in [1.807, 2.05) is 13.8 Å². The van der Waals surface area contributed by atoms with Crippen molar-refractivity contribution in [1.29, 1.82) is 0 Å². The number of hydrogen-bond donors (Lipinski definition) is 1. The third kappa shape index (κ3) is 2.77. The fraction of sp³-hybridized carbons (Fsp3) is 0.267. The Kier molecular flexibility index (Phi) is 3.98. The minimum atomic E-state index is -0.957. The minimum Gasteiger partial charge on any atom is -0.478 e. The number of carbonyl (C=O) groups is 1. The van der Waals surface area contributed by atoms with Crippen LogP contribution in [-0.2, 0) is 0 Å². The third-order valence-electron chi connectivity index (χ3n) is 3.00. The number of carboxylic acids is 1. The van der Waals surface area contributed by atoms with Crippen LogP contribution < -0.4 is 4.90 Å². The van der Waals surface area contributed by atoms with Crippen LogP contribution in [0.1, 0.15) is 24.2 Å². The van der Waals surface area contributed by atoms with E-state index in [2.05, 4.69) is 21.4 Å². The summed E-state index contributed by atoms with van der Waals surface area (Å²) in [5.41, 5.74) is 1.90. The first-order chi connectivity index (χ1) is 9.52.